The highest BCUT2D eigenvalue weighted by Crippen LogP contribution is 2.60. The van der Waals surface area contributed by atoms with Crippen molar-refractivity contribution in [2.45, 2.75) is 25.3 Å². The Morgan fingerprint density at radius 2 is 1.23 bits per heavy atom. The second-order valence-corrected chi connectivity index (χ2v) is 11.2. The van der Waals surface area contributed by atoms with E-state index in [2.05, 4.69) is 83.5 Å². The SMILES string of the molecule is Cc1ccc(Cn2cc(/C=N\N3C(=O)[C@@H]4C5c6ccccc6C(c6ccccc65)[C@H]4C3=O)c3ccccc32)cc1. The van der Waals surface area contributed by atoms with Crippen LogP contribution in [0.15, 0.2) is 108 Å². The lowest BCUT2D eigenvalue weighted by Crippen LogP contribution is -2.41. The highest BCUT2D eigenvalue weighted by Gasteiger charge is 2.61. The molecule has 3 aliphatic carbocycles. The van der Waals surface area contributed by atoms with E-state index in [0.29, 0.717) is 0 Å². The number of rotatable bonds is 4. The summed E-state index contributed by atoms with van der Waals surface area (Å²) >= 11 is 0. The van der Waals surface area contributed by atoms with Gasteiger partial charge in [-0.15, -0.1) is 0 Å². The van der Waals surface area contributed by atoms with E-state index in [4.69, 9.17) is 0 Å². The maximum Gasteiger partial charge on any atom is 0.254 e. The van der Waals surface area contributed by atoms with Crippen LogP contribution in [0.2, 0.25) is 0 Å². The average molecular weight is 522 g/mol. The Labute approximate surface area is 232 Å². The number of carbonyl (C=O) groups is 2. The Balaban J connectivity index is 1.16. The summed E-state index contributed by atoms with van der Waals surface area (Å²) in [6.07, 6.45) is 3.74. The van der Waals surface area contributed by atoms with Crippen LogP contribution in [0.4, 0.5) is 0 Å². The summed E-state index contributed by atoms with van der Waals surface area (Å²) in [5, 5.41) is 6.77. The fourth-order valence-electron chi connectivity index (χ4n) is 7.29. The summed E-state index contributed by atoms with van der Waals surface area (Å²) < 4.78 is 2.20. The molecule has 0 radical (unpaired) electrons. The summed E-state index contributed by atoms with van der Waals surface area (Å²) in [5.74, 6) is -1.52. The number of carbonyl (C=O) groups excluding carboxylic acids is 2. The zero-order valence-electron chi connectivity index (χ0n) is 22.1. The minimum Gasteiger partial charge on any atom is -0.342 e. The highest BCUT2D eigenvalue weighted by atomic mass is 16.2. The topological polar surface area (TPSA) is 54.7 Å². The number of para-hydroxylation sites is 1. The Kier molecular flexibility index (Phi) is 4.99. The molecule has 0 unspecified atom stereocenters. The van der Waals surface area contributed by atoms with Gasteiger partial charge in [0.25, 0.3) is 11.8 Å². The van der Waals surface area contributed by atoms with E-state index in [9.17, 15) is 9.59 Å². The minimum absolute atomic E-state index is 0.129. The largest absolute Gasteiger partial charge is 0.342 e. The first kappa shape index (κ1) is 23.1. The Morgan fingerprint density at radius 1 is 0.700 bits per heavy atom. The van der Waals surface area contributed by atoms with Crippen molar-refractivity contribution in [1.29, 1.82) is 0 Å². The molecule has 5 heteroatoms. The van der Waals surface area contributed by atoms with Gasteiger partial charge < -0.3 is 4.57 Å². The van der Waals surface area contributed by atoms with Crippen molar-refractivity contribution in [3.8, 4) is 0 Å². The van der Waals surface area contributed by atoms with Gasteiger partial charge in [0.15, 0.2) is 0 Å². The molecule has 2 atom stereocenters. The molecule has 40 heavy (non-hydrogen) atoms. The molecule has 0 N–H and O–H groups in total. The van der Waals surface area contributed by atoms with E-state index >= 15 is 0 Å². The number of nitrogens with zero attached hydrogens (tertiary/aromatic N) is 3. The number of hydrogen-bond donors (Lipinski definition) is 0. The third-order valence-corrected chi connectivity index (χ3v) is 9.03. The first-order valence-electron chi connectivity index (χ1n) is 13.8. The molecule has 1 aromatic heterocycles. The number of amides is 2. The predicted molar refractivity (Wildman–Crippen MR) is 155 cm³/mol. The number of aromatic nitrogens is 1. The van der Waals surface area contributed by atoms with E-state index in [0.717, 1.165) is 28.0 Å². The molecule has 2 amide bonds. The van der Waals surface area contributed by atoms with E-state index in [-0.39, 0.29) is 23.7 Å². The van der Waals surface area contributed by atoms with Crippen molar-refractivity contribution < 1.29 is 9.59 Å². The average Bonchev–Trinajstić information content (AvgIpc) is 3.47. The number of benzene rings is 4. The first-order chi connectivity index (χ1) is 19.6. The zero-order chi connectivity index (χ0) is 27.0. The molecule has 0 saturated carbocycles. The van der Waals surface area contributed by atoms with Crippen molar-refractivity contribution in [3.05, 3.63) is 142 Å². The fraction of sp³-hybridized carbons (Fsp3) is 0.171. The zero-order valence-corrected chi connectivity index (χ0v) is 22.1. The summed E-state index contributed by atoms with van der Waals surface area (Å²) in [6.45, 7) is 2.81. The van der Waals surface area contributed by atoms with Crippen molar-refractivity contribution in [3.63, 3.8) is 0 Å². The molecule has 2 heterocycles. The number of hydrogen-bond acceptors (Lipinski definition) is 3. The van der Waals surface area contributed by atoms with Crippen molar-refractivity contribution in [2.24, 2.45) is 16.9 Å². The van der Waals surface area contributed by atoms with Crippen LogP contribution in [0.25, 0.3) is 10.9 Å². The standard InChI is InChI=1S/C35H27N3O2/c1-21-14-16-22(17-15-21)19-37-20-23(24-8-6-7-13-29(24)37)18-36-38-34(39)32-30-25-9-2-3-10-26(25)31(33(32)35(38)40)28-12-5-4-11-27(28)30/h2-18,20,30-33H,19H2,1H3/b36-18-/t30?,31?,32-,33-/m1/s1. The van der Waals surface area contributed by atoms with Crippen molar-refractivity contribution in [1.82, 2.24) is 9.58 Å². The molecule has 5 nitrogen and oxygen atoms in total. The van der Waals surface area contributed by atoms with Gasteiger partial charge in [0, 0.05) is 41.0 Å². The summed E-state index contributed by atoms with van der Waals surface area (Å²) in [7, 11) is 0. The normalized spacial score (nSPS) is 22.7. The predicted octanol–water partition coefficient (Wildman–Crippen LogP) is 6.22. The van der Waals surface area contributed by atoms with Gasteiger partial charge in [0.2, 0.25) is 0 Å². The quantitative estimate of drug-likeness (QED) is 0.208. The van der Waals surface area contributed by atoms with Crippen LogP contribution in [0, 0.1) is 18.8 Å². The van der Waals surface area contributed by atoms with Crippen LogP contribution < -0.4 is 0 Å². The number of imide groups is 1. The summed E-state index contributed by atoms with van der Waals surface area (Å²) in [5.41, 5.74) is 9.07. The number of fused-ring (bicyclic) bond motifs is 1. The first-order valence-corrected chi connectivity index (χ1v) is 13.8. The molecule has 4 aromatic carbocycles. The lowest BCUT2D eigenvalue weighted by atomic mass is 9.55. The van der Waals surface area contributed by atoms with Gasteiger partial charge in [-0.1, -0.05) is 96.6 Å². The maximum absolute atomic E-state index is 13.9. The molecule has 9 rings (SSSR count). The molecule has 1 saturated heterocycles. The van der Waals surface area contributed by atoms with Gasteiger partial charge in [-0.25, -0.2) is 0 Å². The highest BCUT2D eigenvalue weighted by molar-refractivity contribution is 6.09. The maximum atomic E-state index is 13.9. The molecule has 1 aliphatic heterocycles. The van der Waals surface area contributed by atoms with Crippen molar-refractivity contribution >= 4 is 28.9 Å². The summed E-state index contributed by atoms with van der Waals surface area (Å²) in [4.78, 5) is 27.8. The second-order valence-electron chi connectivity index (χ2n) is 11.2. The van der Waals surface area contributed by atoms with Crippen LogP contribution in [0.5, 0.6) is 0 Å². The molecule has 2 bridgehead atoms. The Hall–Kier alpha value is -4.77. The molecule has 0 spiro atoms. The van der Waals surface area contributed by atoms with Gasteiger partial charge >= 0.3 is 0 Å². The third-order valence-electron chi connectivity index (χ3n) is 9.03. The van der Waals surface area contributed by atoms with Crippen LogP contribution in [-0.4, -0.2) is 27.6 Å². The molecular formula is C35H27N3O2. The van der Waals surface area contributed by atoms with Crippen LogP contribution in [0.1, 0.15) is 50.8 Å². The second kappa shape index (κ2) is 8.62. The Bertz CT molecular complexity index is 1750. The van der Waals surface area contributed by atoms with Crippen LogP contribution in [-0.2, 0) is 16.1 Å². The van der Waals surface area contributed by atoms with Crippen LogP contribution in [0.3, 0.4) is 0 Å². The van der Waals surface area contributed by atoms with E-state index in [1.54, 1.807) is 6.21 Å². The number of aryl methyl sites for hydroxylation is 1. The smallest absolute Gasteiger partial charge is 0.254 e. The lowest BCUT2D eigenvalue weighted by molar-refractivity contribution is -0.139. The molecular weight excluding hydrogens is 494 g/mol. The van der Waals surface area contributed by atoms with Gasteiger partial charge in [-0.2, -0.15) is 10.1 Å². The lowest BCUT2D eigenvalue weighted by Gasteiger charge is -2.45. The van der Waals surface area contributed by atoms with E-state index in [1.807, 2.05) is 36.4 Å². The molecule has 4 aliphatic rings. The molecule has 194 valence electrons. The Morgan fingerprint density at radius 3 is 1.80 bits per heavy atom. The molecule has 5 aromatic rings. The third kappa shape index (κ3) is 3.24. The minimum atomic E-state index is -0.428. The van der Waals surface area contributed by atoms with E-state index < -0.39 is 11.8 Å². The fourth-order valence-corrected chi connectivity index (χ4v) is 7.29. The van der Waals surface area contributed by atoms with Gasteiger partial charge in [0.1, 0.15) is 0 Å². The monoisotopic (exact) mass is 521 g/mol. The van der Waals surface area contributed by atoms with Crippen molar-refractivity contribution in [2.75, 3.05) is 0 Å². The molecule has 1 fully saturated rings. The van der Waals surface area contributed by atoms with Crippen LogP contribution >= 0.6 is 0 Å². The van der Waals surface area contributed by atoms with Gasteiger partial charge in [0.05, 0.1) is 18.1 Å². The van der Waals surface area contributed by atoms with E-state index in [1.165, 1.54) is 33.4 Å². The summed E-state index contributed by atoms with van der Waals surface area (Å²) in [6, 6.07) is 33.3. The van der Waals surface area contributed by atoms with Gasteiger partial charge in [-0.3, -0.25) is 9.59 Å². The van der Waals surface area contributed by atoms with Gasteiger partial charge in [-0.05, 0) is 40.8 Å². The number of hydrazone groups is 1.